The van der Waals surface area contributed by atoms with Crippen molar-refractivity contribution in [3.8, 4) is 6.07 Å². The summed E-state index contributed by atoms with van der Waals surface area (Å²) in [6.07, 6.45) is 0. The molecule has 0 radical (unpaired) electrons. The molecule has 0 unspecified atom stereocenters. The molecule has 0 saturated heterocycles. The number of aryl methyl sites for hydroxylation is 1. The molecule has 2 aromatic carbocycles. The fourth-order valence-electron chi connectivity index (χ4n) is 1.87. The van der Waals surface area contributed by atoms with Gasteiger partial charge in [0, 0.05) is 5.69 Å². The average molecular weight is 269 g/mol. The van der Waals surface area contributed by atoms with Crippen LogP contribution < -0.4 is 11.1 Å². The monoisotopic (exact) mass is 269 g/mol. The van der Waals surface area contributed by atoms with Crippen molar-refractivity contribution in [3.63, 3.8) is 0 Å². The summed E-state index contributed by atoms with van der Waals surface area (Å²) in [4.78, 5) is 12.1. The molecule has 1 amide bonds. The fraction of sp³-hybridized carbons (Fsp3) is 0.0667. The number of benzene rings is 2. The Labute approximate surface area is 115 Å². The topological polar surface area (TPSA) is 78.9 Å². The molecule has 100 valence electrons. The minimum atomic E-state index is -0.662. The Morgan fingerprint density at radius 3 is 2.70 bits per heavy atom. The lowest BCUT2D eigenvalue weighted by atomic mass is 10.1. The van der Waals surface area contributed by atoms with Crippen LogP contribution in [-0.2, 0) is 0 Å². The van der Waals surface area contributed by atoms with Gasteiger partial charge in [-0.3, -0.25) is 4.79 Å². The van der Waals surface area contributed by atoms with Gasteiger partial charge in [0.2, 0.25) is 0 Å². The zero-order valence-corrected chi connectivity index (χ0v) is 10.8. The van der Waals surface area contributed by atoms with Gasteiger partial charge in [0.25, 0.3) is 5.91 Å². The molecule has 5 heteroatoms. The zero-order valence-electron chi connectivity index (χ0n) is 10.8. The number of halogens is 1. The van der Waals surface area contributed by atoms with E-state index in [1.807, 2.05) is 6.07 Å². The third kappa shape index (κ3) is 2.59. The Morgan fingerprint density at radius 2 is 2.10 bits per heavy atom. The first-order chi connectivity index (χ1) is 9.52. The highest BCUT2D eigenvalue weighted by molar-refractivity contribution is 6.08. The van der Waals surface area contributed by atoms with Gasteiger partial charge in [-0.25, -0.2) is 4.39 Å². The Hall–Kier alpha value is -2.87. The summed E-state index contributed by atoms with van der Waals surface area (Å²) in [5.41, 5.74) is 7.31. The van der Waals surface area contributed by atoms with Crippen LogP contribution in [0.4, 0.5) is 15.8 Å². The van der Waals surface area contributed by atoms with E-state index in [0.29, 0.717) is 16.8 Å². The van der Waals surface area contributed by atoms with Crippen LogP contribution in [-0.4, -0.2) is 5.91 Å². The molecule has 0 aliphatic heterocycles. The molecule has 2 aromatic rings. The predicted octanol–water partition coefficient (Wildman–Crippen LogP) is 2.84. The van der Waals surface area contributed by atoms with Gasteiger partial charge in [-0.15, -0.1) is 0 Å². The van der Waals surface area contributed by atoms with Crippen molar-refractivity contribution < 1.29 is 9.18 Å². The molecule has 2 rings (SSSR count). The quantitative estimate of drug-likeness (QED) is 0.823. The number of hydrogen-bond donors (Lipinski definition) is 2. The van der Waals surface area contributed by atoms with Gasteiger partial charge in [-0.2, -0.15) is 5.26 Å². The first kappa shape index (κ1) is 13.6. The molecular weight excluding hydrogens is 257 g/mol. The molecule has 0 bridgehead atoms. The lowest BCUT2D eigenvalue weighted by molar-refractivity contribution is 0.102. The minimum absolute atomic E-state index is 0.0108. The van der Waals surface area contributed by atoms with Crippen molar-refractivity contribution in [1.82, 2.24) is 0 Å². The third-order valence-corrected chi connectivity index (χ3v) is 2.88. The smallest absolute Gasteiger partial charge is 0.258 e. The predicted molar refractivity (Wildman–Crippen MR) is 74.7 cm³/mol. The lowest BCUT2D eigenvalue weighted by Gasteiger charge is -2.10. The number of nitrogens with one attached hydrogen (secondary N) is 1. The highest BCUT2D eigenvalue weighted by Crippen LogP contribution is 2.20. The molecule has 0 fully saturated rings. The van der Waals surface area contributed by atoms with Gasteiger partial charge in [-0.1, -0.05) is 12.1 Å². The van der Waals surface area contributed by atoms with Crippen LogP contribution in [0.25, 0.3) is 0 Å². The summed E-state index contributed by atoms with van der Waals surface area (Å²) < 4.78 is 13.7. The molecule has 0 heterocycles. The lowest BCUT2D eigenvalue weighted by Crippen LogP contribution is -2.16. The van der Waals surface area contributed by atoms with E-state index in [-0.39, 0.29) is 11.3 Å². The van der Waals surface area contributed by atoms with Crippen molar-refractivity contribution in [1.29, 1.82) is 5.26 Å². The number of nitrogens with two attached hydrogens (primary N) is 1. The van der Waals surface area contributed by atoms with Crippen molar-refractivity contribution in [2.24, 2.45) is 0 Å². The van der Waals surface area contributed by atoms with Crippen LogP contribution in [0.1, 0.15) is 21.5 Å². The van der Waals surface area contributed by atoms with Gasteiger partial charge in [0.1, 0.15) is 5.82 Å². The van der Waals surface area contributed by atoms with Gasteiger partial charge >= 0.3 is 0 Å². The van der Waals surface area contributed by atoms with E-state index in [1.54, 1.807) is 25.1 Å². The molecule has 20 heavy (non-hydrogen) atoms. The van der Waals surface area contributed by atoms with Crippen LogP contribution in [0.2, 0.25) is 0 Å². The molecular formula is C15H12FN3O. The minimum Gasteiger partial charge on any atom is -0.398 e. The van der Waals surface area contributed by atoms with Crippen molar-refractivity contribution in [3.05, 3.63) is 58.9 Å². The summed E-state index contributed by atoms with van der Waals surface area (Å²) in [6, 6.07) is 10.8. The van der Waals surface area contributed by atoms with Crippen molar-refractivity contribution in [2.75, 3.05) is 11.1 Å². The molecule has 0 aromatic heterocycles. The van der Waals surface area contributed by atoms with E-state index >= 15 is 0 Å². The highest BCUT2D eigenvalue weighted by Gasteiger charge is 2.14. The molecule has 0 spiro atoms. The summed E-state index contributed by atoms with van der Waals surface area (Å²) in [5.74, 6) is -1.14. The van der Waals surface area contributed by atoms with E-state index in [1.165, 1.54) is 12.1 Å². The Balaban J connectivity index is 2.31. The van der Waals surface area contributed by atoms with E-state index in [0.717, 1.165) is 6.07 Å². The summed E-state index contributed by atoms with van der Waals surface area (Å²) in [5, 5.41) is 11.1. The SMILES string of the molecule is Cc1cccc(N)c1C(=O)Nc1ccc(C#N)cc1F. The highest BCUT2D eigenvalue weighted by atomic mass is 19.1. The standard InChI is InChI=1S/C15H12FN3O/c1-9-3-2-4-12(18)14(9)15(20)19-13-6-5-10(8-17)7-11(13)16/h2-7H,18H2,1H3,(H,19,20). The Bertz CT molecular complexity index is 699. The number of hydrogen-bond acceptors (Lipinski definition) is 3. The number of nitrogens with zero attached hydrogens (tertiary/aromatic N) is 1. The number of rotatable bonds is 2. The maximum atomic E-state index is 13.7. The summed E-state index contributed by atoms with van der Waals surface area (Å²) in [6.45, 7) is 1.75. The van der Waals surface area contributed by atoms with Gasteiger partial charge in [0.05, 0.1) is 22.9 Å². The first-order valence-electron chi connectivity index (χ1n) is 5.89. The summed E-state index contributed by atoms with van der Waals surface area (Å²) >= 11 is 0. The molecule has 0 aliphatic carbocycles. The summed E-state index contributed by atoms with van der Waals surface area (Å²) in [7, 11) is 0. The second-order valence-corrected chi connectivity index (χ2v) is 4.30. The molecule has 0 aliphatic rings. The van der Waals surface area contributed by atoms with E-state index in [9.17, 15) is 9.18 Å². The van der Waals surface area contributed by atoms with Gasteiger partial charge in [0.15, 0.2) is 0 Å². The van der Waals surface area contributed by atoms with Gasteiger partial charge in [-0.05, 0) is 36.8 Å². The first-order valence-corrected chi connectivity index (χ1v) is 5.89. The van der Waals surface area contributed by atoms with Crippen molar-refractivity contribution in [2.45, 2.75) is 6.92 Å². The fourth-order valence-corrected chi connectivity index (χ4v) is 1.87. The van der Waals surface area contributed by atoms with Crippen LogP contribution in [0.3, 0.4) is 0 Å². The molecule has 0 atom stereocenters. The number of carbonyl (C=O) groups is 1. The molecule has 3 N–H and O–H groups in total. The maximum Gasteiger partial charge on any atom is 0.258 e. The number of nitrogen functional groups attached to an aromatic ring is 1. The third-order valence-electron chi connectivity index (χ3n) is 2.88. The Kier molecular flexibility index (Phi) is 3.67. The molecule has 0 saturated carbocycles. The maximum absolute atomic E-state index is 13.7. The van der Waals surface area contributed by atoms with Crippen LogP contribution in [0, 0.1) is 24.1 Å². The number of amides is 1. The van der Waals surface area contributed by atoms with Crippen LogP contribution in [0.15, 0.2) is 36.4 Å². The average Bonchev–Trinajstić information content (AvgIpc) is 2.41. The molecule has 4 nitrogen and oxygen atoms in total. The largest absolute Gasteiger partial charge is 0.398 e. The zero-order chi connectivity index (χ0) is 14.7. The number of carbonyl (C=O) groups excluding carboxylic acids is 1. The Morgan fingerprint density at radius 1 is 1.35 bits per heavy atom. The van der Waals surface area contributed by atoms with Crippen LogP contribution in [0.5, 0.6) is 0 Å². The number of anilines is 2. The van der Waals surface area contributed by atoms with E-state index < -0.39 is 11.7 Å². The van der Waals surface area contributed by atoms with Crippen LogP contribution >= 0.6 is 0 Å². The second-order valence-electron chi connectivity index (χ2n) is 4.30. The second kappa shape index (κ2) is 5.41. The number of nitriles is 1. The van der Waals surface area contributed by atoms with Crippen molar-refractivity contribution >= 4 is 17.3 Å². The normalized spacial score (nSPS) is 9.85. The van der Waals surface area contributed by atoms with E-state index in [4.69, 9.17) is 11.0 Å². The van der Waals surface area contributed by atoms with E-state index in [2.05, 4.69) is 5.32 Å². The van der Waals surface area contributed by atoms with Gasteiger partial charge < -0.3 is 11.1 Å².